The quantitative estimate of drug-likeness (QED) is 0.873. The van der Waals surface area contributed by atoms with E-state index < -0.39 is 12.6 Å². The lowest BCUT2D eigenvalue weighted by Gasteiger charge is -2.26. The van der Waals surface area contributed by atoms with Gasteiger partial charge in [0.15, 0.2) is 0 Å². The second kappa shape index (κ2) is 6.82. The molecule has 0 spiro atoms. The Morgan fingerprint density at radius 1 is 1.43 bits per heavy atom. The Hall–Kier alpha value is -1.73. The van der Waals surface area contributed by atoms with Crippen LogP contribution in [0.4, 0.5) is 14.5 Å². The van der Waals surface area contributed by atoms with Gasteiger partial charge in [0.25, 0.3) is 0 Å². The molecule has 1 heterocycles. The molecule has 116 valence electrons. The zero-order chi connectivity index (χ0) is 15.4. The Morgan fingerprint density at radius 3 is 2.62 bits per heavy atom. The van der Waals surface area contributed by atoms with Crippen molar-refractivity contribution in [3.8, 4) is 0 Å². The number of hydrogen-bond acceptors (Lipinski definition) is 4. The van der Waals surface area contributed by atoms with Crippen molar-refractivity contribution in [1.82, 2.24) is 0 Å². The van der Waals surface area contributed by atoms with Gasteiger partial charge in [-0.3, -0.25) is 0 Å². The van der Waals surface area contributed by atoms with Crippen LogP contribution >= 0.6 is 0 Å². The molecule has 0 bridgehead atoms. The summed E-state index contributed by atoms with van der Waals surface area (Å²) in [6.45, 7) is -2.35. The summed E-state index contributed by atoms with van der Waals surface area (Å²) in [6.07, 6.45) is 0.527. The van der Waals surface area contributed by atoms with Crippen molar-refractivity contribution >= 4 is 11.7 Å². The molecule has 0 radical (unpaired) electrons. The maximum absolute atomic E-state index is 12.2. The zero-order valence-electron chi connectivity index (χ0n) is 11.5. The van der Waals surface area contributed by atoms with Gasteiger partial charge in [-0.15, -0.1) is 0 Å². The standard InChI is InChI=1S/C14H17F2NO4/c1-20-12-6-11(8-21-14(15)16)17(7-12)10-4-2-9(3-5-10)13(18)19/h2-5,11-12,14H,6-8H2,1H3,(H,18,19)/t11-,12-/m0/s1. The molecule has 0 unspecified atom stereocenters. The van der Waals surface area contributed by atoms with Gasteiger partial charge in [0, 0.05) is 19.3 Å². The number of halogens is 2. The summed E-state index contributed by atoms with van der Waals surface area (Å²) in [4.78, 5) is 12.7. The van der Waals surface area contributed by atoms with Crippen LogP contribution < -0.4 is 4.90 Å². The summed E-state index contributed by atoms with van der Waals surface area (Å²) in [5.41, 5.74) is 0.948. The summed E-state index contributed by atoms with van der Waals surface area (Å²) in [5.74, 6) is -1.00. The lowest BCUT2D eigenvalue weighted by Crippen LogP contribution is -2.34. The highest BCUT2D eigenvalue weighted by Crippen LogP contribution is 2.28. The third kappa shape index (κ3) is 3.89. The van der Waals surface area contributed by atoms with E-state index in [-0.39, 0.29) is 24.3 Å². The van der Waals surface area contributed by atoms with Gasteiger partial charge >= 0.3 is 12.6 Å². The van der Waals surface area contributed by atoms with E-state index in [1.807, 2.05) is 4.90 Å². The molecule has 1 aliphatic rings. The summed E-state index contributed by atoms with van der Waals surface area (Å²) < 4.78 is 34.1. The molecule has 1 fully saturated rings. The van der Waals surface area contributed by atoms with E-state index in [0.717, 1.165) is 5.69 Å². The first-order chi connectivity index (χ1) is 10.0. The Kier molecular flexibility index (Phi) is 5.08. The van der Waals surface area contributed by atoms with Gasteiger partial charge in [-0.05, 0) is 30.7 Å². The smallest absolute Gasteiger partial charge is 0.345 e. The fraction of sp³-hybridized carbons (Fsp3) is 0.500. The maximum Gasteiger partial charge on any atom is 0.345 e. The summed E-state index contributed by atoms with van der Waals surface area (Å²) in [6, 6.07) is 6.08. The topological polar surface area (TPSA) is 59.0 Å². The lowest BCUT2D eigenvalue weighted by molar-refractivity contribution is -0.132. The van der Waals surface area contributed by atoms with E-state index in [4.69, 9.17) is 9.84 Å². The minimum absolute atomic E-state index is 0.0598. The third-order valence-electron chi connectivity index (χ3n) is 3.57. The number of ether oxygens (including phenoxy) is 2. The van der Waals surface area contributed by atoms with Crippen molar-refractivity contribution in [2.75, 3.05) is 25.2 Å². The normalized spacial score (nSPS) is 22.0. The van der Waals surface area contributed by atoms with Crippen molar-refractivity contribution in [3.63, 3.8) is 0 Å². The van der Waals surface area contributed by atoms with Crippen molar-refractivity contribution < 1.29 is 28.2 Å². The minimum atomic E-state index is -2.80. The van der Waals surface area contributed by atoms with Crippen LogP contribution in [-0.2, 0) is 9.47 Å². The van der Waals surface area contributed by atoms with E-state index in [2.05, 4.69) is 4.74 Å². The summed E-state index contributed by atoms with van der Waals surface area (Å²) in [7, 11) is 1.58. The molecule has 21 heavy (non-hydrogen) atoms. The number of nitrogens with zero attached hydrogens (tertiary/aromatic N) is 1. The van der Waals surface area contributed by atoms with E-state index in [9.17, 15) is 13.6 Å². The van der Waals surface area contributed by atoms with E-state index >= 15 is 0 Å². The van der Waals surface area contributed by atoms with Crippen LogP contribution in [0, 0.1) is 0 Å². The summed E-state index contributed by atoms with van der Waals surface area (Å²) in [5, 5.41) is 8.88. The number of benzene rings is 1. The van der Waals surface area contributed by atoms with Crippen LogP contribution in [-0.4, -0.2) is 50.1 Å². The van der Waals surface area contributed by atoms with E-state index in [1.54, 1.807) is 19.2 Å². The molecule has 1 saturated heterocycles. The van der Waals surface area contributed by atoms with Gasteiger partial charge in [0.1, 0.15) is 0 Å². The molecular formula is C14H17F2NO4. The fourth-order valence-corrected chi connectivity index (χ4v) is 2.50. The number of methoxy groups -OCH3 is 1. The van der Waals surface area contributed by atoms with Crippen LogP contribution in [0.5, 0.6) is 0 Å². The largest absolute Gasteiger partial charge is 0.478 e. The molecule has 0 aromatic heterocycles. The molecule has 1 aliphatic heterocycles. The van der Waals surface area contributed by atoms with Gasteiger partial charge in [-0.2, -0.15) is 8.78 Å². The van der Waals surface area contributed by atoms with E-state index in [1.165, 1.54) is 12.1 Å². The molecule has 0 saturated carbocycles. The van der Waals surface area contributed by atoms with E-state index in [0.29, 0.717) is 13.0 Å². The number of hydrogen-bond donors (Lipinski definition) is 1. The number of anilines is 1. The molecule has 1 aromatic rings. The van der Waals surface area contributed by atoms with Crippen molar-refractivity contribution in [2.45, 2.75) is 25.2 Å². The Bertz CT molecular complexity index is 480. The predicted octanol–water partition coefficient (Wildman–Crippen LogP) is 2.22. The Labute approximate surface area is 121 Å². The van der Waals surface area contributed by atoms with Crippen LogP contribution in [0.15, 0.2) is 24.3 Å². The first-order valence-electron chi connectivity index (χ1n) is 6.53. The maximum atomic E-state index is 12.2. The van der Waals surface area contributed by atoms with Gasteiger partial charge in [-0.25, -0.2) is 4.79 Å². The van der Waals surface area contributed by atoms with Crippen LogP contribution in [0.25, 0.3) is 0 Å². The number of carbonyl (C=O) groups is 1. The highest BCUT2D eigenvalue weighted by molar-refractivity contribution is 5.88. The molecular weight excluding hydrogens is 284 g/mol. The highest BCUT2D eigenvalue weighted by atomic mass is 19.3. The number of rotatable bonds is 6. The molecule has 0 amide bonds. The SMILES string of the molecule is CO[C@H]1C[C@@H](COC(F)F)N(c2ccc(C(=O)O)cc2)C1. The molecule has 1 N–H and O–H groups in total. The molecule has 7 heteroatoms. The minimum Gasteiger partial charge on any atom is -0.478 e. The summed E-state index contributed by atoms with van der Waals surface area (Å²) >= 11 is 0. The average molecular weight is 301 g/mol. The van der Waals surface area contributed by atoms with Gasteiger partial charge in [0.2, 0.25) is 0 Å². The number of carboxylic acids is 1. The fourth-order valence-electron chi connectivity index (χ4n) is 2.50. The molecule has 2 rings (SSSR count). The van der Waals surface area contributed by atoms with Crippen LogP contribution in [0.1, 0.15) is 16.8 Å². The first kappa shape index (κ1) is 15.7. The van der Waals surface area contributed by atoms with Crippen LogP contribution in [0.2, 0.25) is 0 Å². The predicted molar refractivity (Wildman–Crippen MR) is 71.9 cm³/mol. The lowest BCUT2D eigenvalue weighted by atomic mass is 10.1. The molecule has 5 nitrogen and oxygen atoms in total. The van der Waals surface area contributed by atoms with Gasteiger partial charge < -0.3 is 19.5 Å². The Balaban J connectivity index is 2.11. The zero-order valence-corrected chi connectivity index (χ0v) is 11.5. The molecule has 2 atom stereocenters. The third-order valence-corrected chi connectivity index (χ3v) is 3.57. The molecule has 0 aliphatic carbocycles. The van der Waals surface area contributed by atoms with Crippen LogP contribution in [0.3, 0.4) is 0 Å². The average Bonchev–Trinajstić information content (AvgIpc) is 2.88. The van der Waals surface area contributed by atoms with Gasteiger partial charge in [-0.1, -0.05) is 0 Å². The number of carboxylic acid groups (broad SMARTS) is 1. The Morgan fingerprint density at radius 2 is 2.10 bits per heavy atom. The second-order valence-electron chi connectivity index (χ2n) is 4.85. The highest BCUT2D eigenvalue weighted by Gasteiger charge is 2.33. The molecule has 1 aromatic carbocycles. The van der Waals surface area contributed by atoms with Crippen molar-refractivity contribution in [3.05, 3.63) is 29.8 Å². The number of aromatic carboxylic acids is 1. The first-order valence-corrected chi connectivity index (χ1v) is 6.53. The van der Waals surface area contributed by atoms with Gasteiger partial charge in [0.05, 0.1) is 24.3 Å². The second-order valence-corrected chi connectivity index (χ2v) is 4.85. The van der Waals surface area contributed by atoms with Crippen molar-refractivity contribution in [2.24, 2.45) is 0 Å². The monoisotopic (exact) mass is 301 g/mol. The number of alkyl halides is 2. The van der Waals surface area contributed by atoms with Crippen molar-refractivity contribution in [1.29, 1.82) is 0 Å².